The molecular weight excluding hydrogens is 373 g/mol. The fourth-order valence-corrected chi connectivity index (χ4v) is 5.91. The normalized spacial score (nSPS) is 15.9. The first-order chi connectivity index (χ1) is 10.0. The minimum Gasteiger partial charge on any atom is -0.256 e. The molecule has 0 heterocycles. The van der Waals surface area contributed by atoms with Gasteiger partial charge in [-0.2, -0.15) is 8.42 Å². The fourth-order valence-electron chi connectivity index (χ4n) is 1.25. The van der Waals surface area contributed by atoms with E-state index < -0.39 is 39.4 Å². The lowest BCUT2D eigenvalue weighted by molar-refractivity contribution is 0.318. The highest BCUT2D eigenvalue weighted by Crippen LogP contribution is 2.56. The number of aryl methyl sites for hydroxylation is 1. The van der Waals surface area contributed by atoms with Crippen LogP contribution >= 0.6 is 22.9 Å². The Bertz CT molecular complexity index is 776. The van der Waals surface area contributed by atoms with Gasteiger partial charge in [-0.15, -0.1) is 0 Å². The van der Waals surface area contributed by atoms with E-state index >= 15 is 0 Å². The van der Waals surface area contributed by atoms with Gasteiger partial charge in [0.25, 0.3) is 10.1 Å². The van der Waals surface area contributed by atoms with Gasteiger partial charge >= 0.3 is 7.60 Å². The van der Waals surface area contributed by atoms with Crippen LogP contribution in [0.4, 0.5) is 0 Å². The molecule has 0 bridgehead atoms. The van der Waals surface area contributed by atoms with Gasteiger partial charge in [0, 0.05) is 0 Å². The van der Waals surface area contributed by atoms with E-state index in [2.05, 4.69) is 25.4 Å². The Balaban J connectivity index is 2.96. The first-order valence-electron chi connectivity index (χ1n) is 5.54. The van der Waals surface area contributed by atoms with Crippen LogP contribution in [0.15, 0.2) is 29.2 Å². The Hall–Kier alpha value is -0.780. The third kappa shape index (κ3) is 6.15. The first kappa shape index (κ1) is 19.3. The van der Waals surface area contributed by atoms with Crippen molar-refractivity contribution in [1.82, 2.24) is 0 Å². The van der Waals surface area contributed by atoms with Gasteiger partial charge in [-0.3, -0.25) is 17.9 Å². The smallest absolute Gasteiger partial charge is 0.256 e. The molecule has 0 aliphatic rings. The molecule has 8 nitrogen and oxygen atoms in total. The van der Waals surface area contributed by atoms with Crippen molar-refractivity contribution in [3.63, 3.8) is 0 Å². The highest BCUT2D eigenvalue weighted by molar-refractivity contribution is 7.87. The molecule has 22 heavy (non-hydrogen) atoms. The minimum absolute atomic E-state index is 0.178. The van der Waals surface area contributed by atoms with Gasteiger partial charge in [-0.25, -0.2) is 8.62 Å². The van der Waals surface area contributed by atoms with E-state index in [0.717, 1.165) is 5.56 Å². The van der Waals surface area contributed by atoms with E-state index in [1.54, 1.807) is 19.1 Å². The van der Waals surface area contributed by atoms with Crippen LogP contribution in [0.25, 0.3) is 0 Å². The van der Waals surface area contributed by atoms with Crippen molar-refractivity contribution in [3.05, 3.63) is 29.8 Å². The number of rotatable bonds is 8. The summed E-state index contributed by atoms with van der Waals surface area (Å²) < 4.78 is 71.2. The van der Waals surface area contributed by atoms with E-state index in [1.165, 1.54) is 12.1 Å². The van der Waals surface area contributed by atoms with Crippen molar-refractivity contribution in [2.45, 2.75) is 11.8 Å². The number of hydrogen-bond acceptors (Lipinski definition) is 8. The van der Waals surface area contributed by atoms with Crippen LogP contribution in [-0.4, -0.2) is 27.4 Å². The van der Waals surface area contributed by atoms with E-state index in [9.17, 15) is 22.1 Å². The van der Waals surface area contributed by atoms with Gasteiger partial charge in [0.1, 0.15) is 0 Å². The van der Waals surface area contributed by atoms with Gasteiger partial charge in [-0.1, -0.05) is 17.7 Å². The quantitative estimate of drug-likeness (QED) is 0.494. The average Bonchev–Trinajstić information content (AvgIpc) is 2.35. The van der Waals surface area contributed by atoms with Crippen LogP contribution < -0.4 is 0 Å². The van der Waals surface area contributed by atoms with Gasteiger partial charge in [0.05, 0.1) is 4.90 Å². The lowest BCUT2D eigenvalue weighted by Gasteiger charge is -2.12. The van der Waals surface area contributed by atoms with Gasteiger partial charge < -0.3 is 0 Å². The van der Waals surface area contributed by atoms with E-state index in [-0.39, 0.29) is 4.90 Å². The molecule has 2 atom stereocenters. The zero-order valence-corrected chi connectivity index (χ0v) is 14.9. The average molecular weight is 386 g/mol. The maximum atomic E-state index is 12.1. The monoisotopic (exact) mass is 386 g/mol. The van der Waals surface area contributed by atoms with E-state index in [0.29, 0.717) is 0 Å². The highest BCUT2D eigenvalue weighted by Gasteiger charge is 2.31. The third-order valence-corrected chi connectivity index (χ3v) is 7.45. The van der Waals surface area contributed by atoms with Crippen molar-refractivity contribution in [3.8, 4) is 0 Å². The summed E-state index contributed by atoms with van der Waals surface area (Å²) in [4.78, 5) is -0.178. The topological polar surface area (TPSA) is 113 Å². The van der Waals surface area contributed by atoms with Gasteiger partial charge in [0.15, 0.2) is 6.35 Å². The second-order valence-corrected chi connectivity index (χ2v) is 9.69. The Labute approximate surface area is 129 Å². The Morgan fingerprint density at radius 3 is 1.95 bits per heavy atom. The molecule has 0 saturated carbocycles. The molecule has 0 N–H and O–H groups in total. The molecule has 12 heteroatoms. The minimum atomic E-state index is -4.35. The summed E-state index contributed by atoms with van der Waals surface area (Å²) in [6, 6.07) is 5.67. The van der Waals surface area contributed by atoms with Crippen molar-refractivity contribution in [1.29, 1.82) is 0 Å². The number of benzene rings is 1. The Morgan fingerprint density at radius 2 is 1.55 bits per heavy atom. The fraction of sp³-hybridized carbons (Fsp3) is 0.200. The largest absolute Gasteiger partial charge is 0.377 e. The highest BCUT2D eigenvalue weighted by atomic mass is 32.2. The maximum Gasteiger partial charge on any atom is 0.377 e. The van der Waals surface area contributed by atoms with Crippen LogP contribution in [0.1, 0.15) is 5.56 Å². The lowest BCUT2D eigenvalue weighted by Crippen LogP contribution is -2.08. The molecule has 0 aromatic heterocycles. The van der Waals surface area contributed by atoms with Crippen molar-refractivity contribution >= 4 is 45.6 Å². The summed E-state index contributed by atoms with van der Waals surface area (Å²) in [5.41, 5.74) is 0.833. The molecule has 1 aromatic carbocycles. The van der Waals surface area contributed by atoms with Gasteiger partial charge in [-0.05, 0) is 31.7 Å². The van der Waals surface area contributed by atoms with Crippen molar-refractivity contribution < 1.29 is 34.9 Å². The second kappa shape index (κ2) is 7.66. The molecule has 1 aromatic rings. The summed E-state index contributed by atoms with van der Waals surface area (Å²) in [6.07, 6.45) is 4.81. The first-order valence-corrected chi connectivity index (χ1v) is 11.4. The molecule has 0 radical (unpaired) electrons. The predicted molar refractivity (Wildman–Crippen MR) is 83.5 cm³/mol. The SMILES string of the molecule is C=P(=O)OP(=O)(COS(=O)(=O)c1ccc(C)cc1)OP(=C)=O. The summed E-state index contributed by atoms with van der Waals surface area (Å²) in [6.45, 7) is 1.77. The lowest BCUT2D eigenvalue weighted by atomic mass is 10.2. The van der Waals surface area contributed by atoms with Gasteiger partial charge in [0.2, 0.25) is 15.3 Å². The molecule has 0 saturated heterocycles. The molecule has 0 amide bonds. The molecular formula is C10H13O8P3S. The summed E-state index contributed by atoms with van der Waals surface area (Å²) >= 11 is 0. The zero-order valence-electron chi connectivity index (χ0n) is 11.4. The molecule has 0 aliphatic carbocycles. The third-order valence-electron chi connectivity index (χ3n) is 2.11. The zero-order chi connectivity index (χ0) is 17.0. The Morgan fingerprint density at radius 1 is 1.09 bits per heavy atom. The van der Waals surface area contributed by atoms with E-state index in [1.807, 2.05) is 0 Å². The standard InChI is InChI=1S/C10H13O8P3S/c1-9-4-6-10(7-5-9)22(14,15)16-8-21(13,17-19(2)11)18-20(3)12/h4-7H,2-3,8H2,1H3. The van der Waals surface area contributed by atoms with Crippen LogP contribution in [0, 0.1) is 6.92 Å². The summed E-state index contributed by atoms with van der Waals surface area (Å²) in [7, 11) is -13.9. The van der Waals surface area contributed by atoms with Crippen molar-refractivity contribution in [2.75, 3.05) is 6.35 Å². The summed E-state index contributed by atoms with van der Waals surface area (Å²) in [5, 5.41) is 0. The molecule has 1 rings (SSSR count). The van der Waals surface area contributed by atoms with E-state index in [4.69, 9.17) is 0 Å². The number of hydrogen-bond donors (Lipinski definition) is 0. The Kier molecular flexibility index (Phi) is 6.71. The van der Waals surface area contributed by atoms with Crippen LogP contribution in [0.3, 0.4) is 0 Å². The van der Waals surface area contributed by atoms with Crippen LogP contribution in [0.2, 0.25) is 0 Å². The maximum absolute atomic E-state index is 12.1. The predicted octanol–water partition coefficient (Wildman–Crippen LogP) is 3.23. The molecule has 122 valence electrons. The molecule has 0 fully saturated rings. The van der Waals surface area contributed by atoms with Crippen molar-refractivity contribution in [2.24, 2.45) is 0 Å². The molecule has 0 aliphatic heterocycles. The molecule has 0 spiro atoms. The second-order valence-electron chi connectivity index (χ2n) is 3.95. The van der Waals surface area contributed by atoms with Crippen LogP contribution in [-0.2, 0) is 36.6 Å². The van der Waals surface area contributed by atoms with Crippen LogP contribution in [0.5, 0.6) is 0 Å². The summed E-state index contributed by atoms with van der Waals surface area (Å²) in [5.74, 6) is 0. The molecule has 2 unspecified atom stereocenters.